The third kappa shape index (κ3) is 5.38. The highest BCUT2D eigenvalue weighted by Gasteiger charge is 2.38. The van der Waals surface area contributed by atoms with E-state index in [9.17, 15) is 26.3 Å². The first-order valence-corrected chi connectivity index (χ1v) is 8.80. The molecule has 0 fully saturated rings. The molecule has 1 N–H and O–H groups in total. The van der Waals surface area contributed by atoms with Crippen LogP contribution in [0, 0.1) is 0 Å². The minimum Gasteiger partial charge on any atom is -0.440 e. The topological polar surface area (TPSA) is 49.5 Å². The van der Waals surface area contributed by atoms with Gasteiger partial charge in [0.15, 0.2) is 17.6 Å². The Labute approximate surface area is 158 Å². The van der Waals surface area contributed by atoms with E-state index in [1.165, 1.54) is 11.0 Å². The number of halogens is 6. The molecular weight excluding hydrogens is 390 g/mol. The zero-order chi connectivity index (χ0) is 21.3. The van der Waals surface area contributed by atoms with E-state index in [0.29, 0.717) is 6.54 Å². The first-order valence-electron chi connectivity index (χ1n) is 8.80. The number of hydrogen-bond donors (Lipinski definition) is 1. The van der Waals surface area contributed by atoms with Crippen molar-refractivity contribution in [1.82, 2.24) is 9.88 Å². The second kappa shape index (κ2) is 8.28. The van der Waals surface area contributed by atoms with Gasteiger partial charge in [-0.05, 0) is 30.7 Å². The van der Waals surface area contributed by atoms with Crippen molar-refractivity contribution in [3.63, 3.8) is 0 Å². The fraction of sp³-hybridized carbons (Fsp3) is 0.611. The summed E-state index contributed by atoms with van der Waals surface area (Å²) in [6, 6.07) is 2.38. The number of benzene rings is 1. The summed E-state index contributed by atoms with van der Waals surface area (Å²) in [5.74, 6) is -0.0220. The van der Waals surface area contributed by atoms with Crippen LogP contribution in [-0.4, -0.2) is 40.4 Å². The van der Waals surface area contributed by atoms with Crippen molar-refractivity contribution in [2.24, 2.45) is 0 Å². The molecule has 1 aromatic heterocycles. The molecule has 158 valence electrons. The molecule has 2 aromatic rings. The lowest BCUT2D eigenvalue weighted by Crippen LogP contribution is -2.34. The summed E-state index contributed by atoms with van der Waals surface area (Å²) in [4.78, 5) is 5.64. The first-order chi connectivity index (χ1) is 12.8. The molecule has 4 nitrogen and oxygen atoms in total. The van der Waals surface area contributed by atoms with Crippen LogP contribution >= 0.6 is 0 Å². The Morgan fingerprint density at radius 1 is 1.14 bits per heavy atom. The van der Waals surface area contributed by atoms with Gasteiger partial charge in [0.05, 0.1) is 0 Å². The van der Waals surface area contributed by atoms with Crippen molar-refractivity contribution >= 4 is 11.1 Å². The van der Waals surface area contributed by atoms with Gasteiger partial charge < -0.3 is 9.52 Å². The lowest BCUT2D eigenvalue weighted by molar-refractivity contribution is -0.206. The second-order valence-corrected chi connectivity index (χ2v) is 6.91. The molecule has 1 atom stereocenters. The van der Waals surface area contributed by atoms with Crippen LogP contribution in [0.2, 0.25) is 0 Å². The predicted molar refractivity (Wildman–Crippen MR) is 90.7 cm³/mol. The normalized spacial score (nSPS) is 14.4. The minimum absolute atomic E-state index is 0.00995. The smallest absolute Gasteiger partial charge is 0.420 e. The summed E-state index contributed by atoms with van der Waals surface area (Å²) in [7, 11) is 0. The number of oxazole rings is 1. The van der Waals surface area contributed by atoms with Crippen molar-refractivity contribution in [3.8, 4) is 0 Å². The van der Waals surface area contributed by atoms with Crippen LogP contribution in [0.3, 0.4) is 0 Å². The Hall–Kier alpha value is -1.81. The molecule has 1 aromatic carbocycles. The minimum atomic E-state index is -4.73. The van der Waals surface area contributed by atoms with Gasteiger partial charge in [0.25, 0.3) is 0 Å². The zero-order valence-corrected chi connectivity index (χ0v) is 15.7. The molecule has 1 heterocycles. The van der Waals surface area contributed by atoms with Crippen molar-refractivity contribution in [2.45, 2.75) is 58.1 Å². The molecule has 0 bridgehead atoms. The highest BCUT2D eigenvalue weighted by molar-refractivity contribution is 5.78. The Morgan fingerprint density at radius 3 is 2.29 bits per heavy atom. The Bertz CT molecular complexity index is 798. The lowest BCUT2D eigenvalue weighted by atomic mass is 10.1. The number of aliphatic hydroxyl groups is 1. The quantitative estimate of drug-likeness (QED) is 0.643. The number of rotatable bonds is 7. The summed E-state index contributed by atoms with van der Waals surface area (Å²) >= 11 is 0. The molecule has 1 unspecified atom stereocenters. The zero-order valence-electron chi connectivity index (χ0n) is 15.7. The number of hydrogen-bond acceptors (Lipinski definition) is 4. The summed E-state index contributed by atoms with van der Waals surface area (Å²) in [6.07, 6.45) is -12.4. The number of aliphatic hydroxyl groups excluding tert-OH is 1. The molecule has 10 heteroatoms. The standard InChI is InChI=1S/C18H22F6N2O2/c1-4-26(6-5-14(27)18(22,23)24)9-11-7-12(17(19,20)21)15-13(8-11)25-16(28-15)10(2)3/h7-8,10,14,27H,4-6,9H2,1-3H3. The van der Waals surface area contributed by atoms with E-state index in [2.05, 4.69) is 4.98 Å². The van der Waals surface area contributed by atoms with Crippen LogP contribution in [0.4, 0.5) is 26.3 Å². The van der Waals surface area contributed by atoms with E-state index in [4.69, 9.17) is 9.52 Å². The van der Waals surface area contributed by atoms with E-state index < -0.39 is 30.4 Å². The molecule has 0 spiro atoms. The van der Waals surface area contributed by atoms with E-state index >= 15 is 0 Å². The molecule has 28 heavy (non-hydrogen) atoms. The van der Waals surface area contributed by atoms with Crippen molar-refractivity contribution in [2.75, 3.05) is 13.1 Å². The van der Waals surface area contributed by atoms with E-state index in [1.54, 1.807) is 20.8 Å². The van der Waals surface area contributed by atoms with Gasteiger partial charge in [-0.2, -0.15) is 26.3 Å². The van der Waals surface area contributed by atoms with Crippen LogP contribution in [-0.2, 0) is 12.7 Å². The third-order valence-electron chi connectivity index (χ3n) is 4.32. The largest absolute Gasteiger partial charge is 0.440 e. The summed E-state index contributed by atoms with van der Waals surface area (Å²) < 4.78 is 83.0. The average molecular weight is 412 g/mol. The molecular formula is C18H22F6N2O2. The molecule has 0 amide bonds. The monoisotopic (exact) mass is 412 g/mol. The Morgan fingerprint density at radius 2 is 1.79 bits per heavy atom. The van der Waals surface area contributed by atoms with Gasteiger partial charge in [0, 0.05) is 19.0 Å². The van der Waals surface area contributed by atoms with Gasteiger partial charge in [-0.25, -0.2) is 4.98 Å². The van der Waals surface area contributed by atoms with Gasteiger partial charge in [0.2, 0.25) is 0 Å². The fourth-order valence-corrected chi connectivity index (χ4v) is 2.73. The van der Waals surface area contributed by atoms with E-state index in [-0.39, 0.29) is 41.6 Å². The summed E-state index contributed by atoms with van der Waals surface area (Å²) in [6.45, 7) is 5.33. The van der Waals surface area contributed by atoms with Gasteiger partial charge in [0.1, 0.15) is 11.1 Å². The van der Waals surface area contributed by atoms with Crippen molar-refractivity contribution < 1.29 is 35.9 Å². The maximum Gasteiger partial charge on any atom is 0.420 e. The van der Waals surface area contributed by atoms with Crippen LogP contribution in [0.15, 0.2) is 16.5 Å². The van der Waals surface area contributed by atoms with E-state index in [1.807, 2.05) is 0 Å². The maximum atomic E-state index is 13.5. The molecule has 0 radical (unpaired) electrons. The Kier molecular flexibility index (Phi) is 6.65. The molecule has 0 saturated carbocycles. The van der Waals surface area contributed by atoms with Crippen molar-refractivity contribution in [3.05, 3.63) is 29.2 Å². The summed E-state index contributed by atoms with van der Waals surface area (Å²) in [5.41, 5.74) is -1.01. The van der Waals surface area contributed by atoms with E-state index in [0.717, 1.165) is 6.07 Å². The highest BCUT2D eigenvalue weighted by atomic mass is 19.4. The molecule has 0 aliphatic heterocycles. The van der Waals surface area contributed by atoms with Crippen LogP contribution < -0.4 is 0 Å². The SMILES string of the molecule is CCN(CCC(O)C(F)(F)F)Cc1cc(C(F)(F)F)c2oc(C(C)C)nc2c1. The fourth-order valence-electron chi connectivity index (χ4n) is 2.73. The Balaban J connectivity index is 2.30. The van der Waals surface area contributed by atoms with Gasteiger partial charge in [-0.15, -0.1) is 0 Å². The van der Waals surface area contributed by atoms with Gasteiger partial charge >= 0.3 is 12.4 Å². The second-order valence-electron chi connectivity index (χ2n) is 6.91. The van der Waals surface area contributed by atoms with Crippen LogP contribution in [0.1, 0.15) is 50.1 Å². The summed E-state index contributed by atoms with van der Waals surface area (Å²) in [5, 5.41) is 9.12. The van der Waals surface area contributed by atoms with Crippen LogP contribution in [0.5, 0.6) is 0 Å². The first kappa shape index (κ1) is 22.5. The molecule has 0 aliphatic carbocycles. The number of nitrogens with zero attached hydrogens (tertiary/aromatic N) is 2. The van der Waals surface area contributed by atoms with Crippen molar-refractivity contribution in [1.29, 1.82) is 0 Å². The number of aromatic nitrogens is 1. The van der Waals surface area contributed by atoms with Gasteiger partial charge in [-0.3, -0.25) is 4.90 Å². The lowest BCUT2D eigenvalue weighted by Gasteiger charge is -2.23. The predicted octanol–water partition coefficient (Wildman–Crippen LogP) is 5.11. The highest BCUT2D eigenvalue weighted by Crippen LogP contribution is 2.37. The maximum absolute atomic E-state index is 13.5. The average Bonchev–Trinajstić information content (AvgIpc) is 2.99. The molecule has 0 saturated heterocycles. The molecule has 2 rings (SSSR count). The molecule has 0 aliphatic rings. The third-order valence-corrected chi connectivity index (χ3v) is 4.32. The number of alkyl halides is 6. The van der Waals surface area contributed by atoms with Crippen LogP contribution in [0.25, 0.3) is 11.1 Å². The van der Waals surface area contributed by atoms with Gasteiger partial charge in [-0.1, -0.05) is 20.8 Å². The number of fused-ring (bicyclic) bond motifs is 1.